The molecule has 4 saturated heterocycles. The smallest absolute Gasteiger partial charge is 0.397 e. The molecular weight excluding hydrogens is 1180 g/mol. The van der Waals surface area contributed by atoms with Gasteiger partial charge in [-0.15, -0.1) is 0 Å². The minimum Gasteiger partial charge on any atom is -0.479 e. The third-order valence-electron chi connectivity index (χ3n) is 10.6. The predicted molar refractivity (Wildman–Crippen MR) is 221 cm³/mol. The normalized spacial score (nSPS) is 37.8. The van der Waals surface area contributed by atoms with Gasteiger partial charge in [0.05, 0.1) is 19.8 Å². The molecule has 4 rings (SSSR count). The molecule has 0 aromatic heterocycles. The Balaban J connectivity index is 1.79. The average molecular weight is 1230 g/mol. The summed E-state index contributed by atoms with van der Waals surface area (Å²) in [4.78, 5) is 13.1. The first-order chi connectivity index (χ1) is 34.3. The summed E-state index contributed by atoms with van der Waals surface area (Å²) < 4.78 is 291. The van der Waals surface area contributed by atoms with Gasteiger partial charge >= 0.3 is 68.4 Å². The first-order valence-corrected chi connectivity index (χ1v) is 28.2. The van der Waals surface area contributed by atoms with Crippen molar-refractivity contribution in [2.45, 2.75) is 123 Å². The molecule has 46 heteroatoms. The lowest BCUT2D eigenvalue weighted by atomic mass is 9.95. The molecule has 0 bridgehead atoms. The van der Waals surface area contributed by atoms with Crippen LogP contribution in [0.2, 0.25) is 0 Å². The predicted octanol–water partition coefficient (Wildman–Crippen LogP) is -7.42. The van der Waals surface area contributed by atoms with E-state index in [0.717, 1.165) is 35.5 Å². The van der Waals surface area contributed by atoms with E-state index in [4.69, 9.17) is 61.4 Å². The second kappa shape index (κ2) is 26.2. The van der Waals surface area contributed by atoms with E-state index in [9.17, 15) is 93.4 Å². The number of aliphatic hydroxyl groups is 2. The van der Waals surface area contributed by atoms with E-state index < -0.39 is 211 Å². The van der Waals surface area contributed by atoms with Gasteiger partial charge in [0.15, 0.2) is 43.5 Å². The Morgan fingerprint density at radius 3 is 1.13 bits per heavy atom. The summed E-state index contributed by atoms with van der Waals surface area (Å²) in [6.45, 7) is -4.14. The summed E-state index contributed by atoms with van der Waals surface area (Å²) in [6.07, 6.45) is -44.9. The Morgan fingerprint density at radius 1 is 0.387 bits per heavy atom. The van der Waals surface area contributed by atoms with Crippen LogP contribution in [0.25, 0.3) is 0 Å². The highest BCUT2D eigenvalue weighted by atomic mass is 32.3. The highest BCUT2D eigenvalue weighted by Gasteiger charge is 2.60. The largest absolute Gasteiger partial charge is 0.479 e. The van der Waals surface area contributed by atoms with Crippen molar-refractivity contribution < 1.29 is 180 Å². The van der Waals surface area contributed by atoms with Crippen LogP contribution in [0, 0.1) is 0 Å². The van der Waals surface area contributed by atoms with Crippen LogP contribution in [0.3, 0.4) is 0 Å². The number of carbonyl (C=O) groups is 1. The van der Waals surface area contributed by atoms with Crippen molar-refractivity contribution in [3.63, 3.8) is 0 Å². The third-order valence-corrected chi connectivity index (χ3v) is 13.3. The molecular formula is C29H50O40S6. The topological polar surface area (TPSA) is 570 Å². The van der Waals surface area contributed by atoms with Crippen LogP contribution < -0.4 is 0 Å². The number of aliphatic carboxylic acids is 1. The lowest BCUT2D eigenvalue weighted by Gasteiger charge is -2.51. The molecule has 75 heavy (non-hydrogen) atoms. The van der Waals surface area contributed by atoms with Crippen LogP contribution in [-0.4, -0.2) is 277 Å². The molecule has 4 fully saturated rings. The summed E-state index contributed by atoms with van der Waals surface area (Å²) in [5.74, 6) is -2.02. The molecule has 442 valence electrons. The van der Waals surface area contributed by atoms with Gasteiger partial charge in [0.2, 0.25) is 0 Å². The second-order valence-electron chi connectivity index (χ2n) is 15.3. The molecule has 0 aromatic rings. The van der Waals surface area contributed by atoms with Gasteiger partial charge in [-0.1, -0.05) is 0 Å². The molecule has 0 saturated carbocycles. The van der Waals surface area contributed by atoms with Gasteiger partial charge in [-0.2, -0.15) is 50.5 Å². The Bertz CT molecular complexity index is 2580. The van der Waals surface area contributed by atoms with Gasteiger partial charge in [-0.05, 0) is 0 Å². The molecule has 9 N–H and O–H groups in total. The summed E-state index contributed by atoms with van der Waals surface area (Å²) in [5, 5.41) is 32.0. The Hall–Kier alpha value is -1.87. The van der Waals surface area contributed by atoms with Gasteiger partial charge in [0.1, 0.15) is 79.4 Å². The van der Waals surface area contributed by atoms with Crippen molar-refractivity contribution in [1.29, 1.82) is 0 Å². The molecule has 0 aromatic carbocycles. The molecule has 0 unspecified atom stereocenters. The van der Waals surface area contributed by atoms with E-state index >= 15 is 0 Å². The van der Waals surface area contributed by atoms with Gasteiger partial charge in [0, 0.05) is 35.5 Å². The second-order valence-corrected chi connectivity index (χ2v) is 21.7. The number of rotatable bonds is 27. The average Bonchev–Trinajstić information content (AvgIpc) is 3.25. The van der Waals surface area contributed by atoms with E-state index in [2.05, 4.69) is 25.1 Å². The van der Waals surface area contributed by atoms with Crippen LogP contribution >= 0.6 is 0 Å². The fraction of sp³-hybridized carbons (Fsp3) is 0.966. The Labute approximate surface area is 425 Å². The lowest BCUT2D eigenvalue weighted by molar-refractivity contribution is -0.386. The van der Waals surface area contributed by atoms with Crippen molar-refractivity contribution in [2.75, 3.05) is 55.4 Å². The Morgan fingerprint density at radius 2 is 0.720 bits per heavy atom. The molecule has 0 amide bonds. The summed E-state index contributed by atoms with van der Waals surface area (Å²) >= 11 is 0. The molecule has 0 radical (unpaired) electrons. The highest BCUT2D eigenvalue weighted by Crippen LogP contribution is 2.39. The van der Waals surface area contributed by atoms with Crippen LogP contribution in [0.4, 0.5) is 0 Å². The van der Waals surface area contributed by atoms with Crippen LogP contribution in [0.5, 0.6) is 0 Å². The lowest BCUT2D eigenvalue weighted by Crippen LogP contribution is -2.69. The first kappa shape index (κ1) is 65.6. The maximum Gasteiger partial charge on any atom is 0.397 e. The van der Waals surface area contributed by atoms with E-state index in [1.54, 1.807) is 0 Å². The molecule has 40 nitrogen and oxygen atoms in total. The van der Waals surface area contributed by atoms with Crippen LogP contribution in [-0.2, 0) is 149 Å². The number of carboxylic acids is 1. The molecule has 4 aliphatic rings. The Kier molecular flexibility index (Phi) is 22.9. The maximum atomic E-state index is 13.1. The zero-order valence-corrected chi connectivity index (χ0v) is 43.2. The highest BCUT2D eigenvalue weighted by molar-refractivity contribution is 7.82. The van der Waals surface area contributed by atoms with Crippen molar-refractivity contribution in [3.8, 4) is 0 Å². The maximum absolute atomic E-state index is 13.1. The minimum absolute atomic E-state index is 0.849. The van der Waals surface area contributed by atoms with E-state index in [1.807, 2.05) is 0 Å². The van der Waals surface area contributed by atoms with E-state index in [0.29, 0.717) is 0 Å². The van der Waals surface area contributed by atoms with Gasteiger partial charge in [0.25, 0.3) is 0 Å². The zero-order chi connectivity index (χ0) is 57.0. The van der Waals surface area contributed by atoms with Crippen molar-refractivity contribution >= 4 is 68.4 Å². The summed E-state index contributed by atoms with van der Waals surface area (Å²) in [6, 6.07) is 0. The number of hydrogen-bond acceptors (Lipinski definition) is 33. The minimum atomic E-state index is -5.85. The standard InChI is InChI=1S/C29H50O40S6/c1-52-15-12(30)9(6-57-70(34,35)36)61-29(24(15)69-75(49,50)51)63-13-11(8-59-72(40,41)42)62-27(22(55-4)16(13)53-2)65-18-17(54-3)23(56-5)28(66-20(18)25(31)32)64-14-10(7-58-71(37,38)39)60-26(33)21(68-74(46,47)48)19(14)67-73(43,44)45/h9-24,26-30,33H,6-8H2,1-5H3,(H,31,32)(H,34,35,36)(H,37,38,39)(H,40,41,42)(H,43,44,45)(H,46,47,48)(H,49,50,51)/t9-,10-,11-,12-,13-,14-,15+,16+,17+,18+,19+,20-,21-,22-,23-,24-,26+,27+,28-,29+/m1/s1. The SMILES string of the molecule is CO[C@@H]1[C@@H](OC)[C@H](O[C@H]2[C@H](OC)[C@@H](OC)[C@H](O[C@H]3[C@H](OS(=O)(=O)O)[C@@H](OS(=O)(=O)O)[C@@H](O)O[C@@H]3COS(=O)(=O)O)O[C@H]2C(=O)O)O[C@H](COS(=O)(=O)O)[C@H]1O[C@@H]1O[C@H](COS(=O)(=O)O)[C@@H](O)[C@H](OC)[C@H]1OS(=O)(=O)O. The number of ether oxygens (including phenoxy) is 12. The molecule has 0 spiro atoms. The fourth-order valence-electron chi connectivity index (χ4n) is 7.85. The number of methoxy groups -OCH3 is 5. The molecule has 4 aliphatic heterocycles. The zero-order valence-electron chi connectivity index (χ0n) is 38.3. The van der Waals surface area contributed by atoms with Crippen LogP contribution in [0.15, 0.2) is 0 Å². The number of hydrogen-bond donors (Lipinski definition) is 9. The summed E-state index contributed by atoms with van der Waals surface area (Å²) in [5.41, 5.74) is 0. The monoisotopic (exact) mass is 1230 g/mol. The summed E-state index contributed by atoms with van der Waals surface area (Å²) in [7, 11) is -28.9. The van der Waals surface area contributed by atoms with E-state index in [-0.39, 0.29) is 0 Å². The van der Waals surface area contributed by atoms with E-state index in [1.165, 1.54) is 0 Å². The number of carboxylic acid groups (broad SMARTS) is 1. The van der Waals surface area contributed by atoms with Crippen LogP contribution in [0.1, 0.15) is 0 Å². The quantitative estimate of drug-likeness (QED) is 0.0345. The molecule has 4 heterocycles. The molecule has 20 atom stereocenters. The first-order valence-electron chi connectivity index (χ1n) is 20.0. The number of aliphatic hydroxyl groups excluding tert-OH is 2. The van der Waals surface area contributed by atoms with Crippen molar-refractivity contribution in [2.24, 2.45) is 0 Å². The van der Waals surface area contributed by atoms with Gasteiger partial charge in [-0.3, -0.25) is 27.3 Å². The van der Waals surface area contributed by atoms with Crippen molar-refractivity contribution in [1.82, 2.24) is 0 Å². The van der Waals surface area contributed by atoms with Crippen molar-refractivity contribution in [3.05, 3.63) is 0 Å². The van der Waals surface area contributed by atoms with Gasteiger partial charge in [-0.25, -0.2) is 29.9 Å². The molecule has 0 aliphatic carbocycles. The van der Waals surface area contributed by atoms with Gasteiger partial charge < -0.3 is 72.2 Å². The fourth-order valence-corrected chi connectivity index (χ4v) is 10.2. The third kappa shape index (κ3) is 18.9.